The molecule has 0 spiro atoms. The Morgan fingerprint density at radius 2 is 1.72 bits per heavy atom. The van der Waals surface area contributed by atoms with Gasteiger partial charge in [0, 0.05) is 27.7 Å². The SMILES string of the molecule is CC1=CC(=O)C2=C(C[C@@H]3C(=CC[C@@H]4C(=O)N(c5ccc(Cl)cc5)C(=O)[C@@H]43)[C@@H]2c2cccc(O)c2)C1=O. The summed E-state index contributed by atoms with van der Waals surface area (Å²) in [6.07, 6.45) is 3.92. The Bertz CT molecular complexity index is 1460. The average molecular weight is 500 g/mol. The van der Waals surface area contributed by atoms with E-state index in [1.807, 2.05) is 12.1 Å². The van der Waals surface area contributed by atoms with Crippen molar-refractivity contribution in [2.75, 3.05) is 4.90 Å². The normalized spacial score (nSPS) is 27.4. The molecular weight excluding hydrogens is 478 g/mol. The molecule has 0 unspecified atom stereocenters. The van der Waals surface area contributed by atoms with Crippen molar-refractivity contribution in [3.63, 3.8) is 0 Å². The number of aromatic hydroxyl groups is 1. The van der Waals surface area contributed by atoms with E-state index in [4.69, 9.17) is 11.6 Å². The van der Waals surface area contributed by atoms with Crippen LogP contribution in [-0.2, 0) is 19.2 Å². The second kappa shape index (κ2) is 8.14. The molecule has 3 aliphatic carbocycles. The molecule has 4 atom stereocenters. The predicted octanol–water partition coefficient (Wildman–Crippen LogP) is 4.68. The van der Waals surface area contributed by atoms with Crippen molar-refractivity contribution < 1.29 is 24.3 Å². The standard InChI is InChI=1S/C29H22ClNO5/c1-14-11-23(33)26-22(27(14)34)13-21-19(24(26)15-3-2-4-18(32)12-15)9-10-20-25(21)29(36)31(28(20)35)17-7-5-16(30)6-8-17/h2-9,11-12,20-21,24-25,32H,10,13H2,1H3/t20-,21+,24-,25-/m0/s1. The Morgan fingerprint density at radius 1 is 0.972 bits per heavy atom. The molecule has 1 N–H and O–H groups in total. The zero-order valence-corrected chi connectivity index (χ0v) is 20.2. The van der Waals surface area contributed by atoms with Gasteiger partial charge in [-0.25, -0.2) is 0 Å². The van der Waals surface area contributed by atoms with Crippen LogP contribution in [0.2, 0.25) is 5.02 Å². The van der Waals surface area contributed by atoms with E-state index in [1.165, 1.54) is 11.0 Å². The highest BCUT2D eigenvalue weighted by Gasteiger charge is 2.56. The number of halogens is 1. The van der Waals surface area contributed by atoms with E-state index in [2.05, 4.69) is 0 Å². The van der Waals surface area contributed by atoms with Crippen molar-refractivity contribution in [3.05, 3.63) is 93.6 Å². The zero-order valence-electron chi connectivity index (χ0n) is 19.4. The van der Waals surface area contributed by atoms with E-state index in [9.17, 15) is 24.3 Å². The fraction of sp³-hybridized carbons (Fsp3) is 0.241. The Balaban J connectivity index is 1.48. The maximum absolute atomic E-state index is 13.8. The monoisotopic (exact) mass is 499 g/mol. The number of phenols is 1. The minimum Gasteiger partial charge on any atom is -0.508 e. The minimum absolute atomic E-state index is 0.0494. The number of imide groups is 1. The maximum Gasteiger partial charge on any atom is 0.238 e. The van der Waals surface area contributed by atoms with E-state index < -0.39 is 23.7 Å². The molecule has 2 amide bonds. The number of ketones is 2. The number of anilines is 1. The maximum atomic E-state index is 13.8. The van der Waals surface area contributed by atoms with Gasteiger partial charge in [0.15, 0.2) is 11.6 Å². The van der Waals surface area contributed by atoms with Crippen LogP contribution in [0.3, 0.4) is 0 Å². The van der Waals surface area contributed by atoms with Crippen LogP contribution in [0, 0.1) is 17.8 Å². The number of phenolic OH excluding ortho intramolecular Hbond substituents is 1. The number of fused-ring (bicyclic) bond motifs is 3. The second-order valence-electron chi connectivity index (χ2n) is 9.81. The van der Waals surface area contributed by atoms with Gasteiger partial charge in [-0.05, 0) is 73.7 Å². The molecule has 36 heavy (non-hydrogen) atoms. The Morgan fingerprint density at radius 3 is 2.44 bits per heavy atom. The van der Waals surface area contributed by atoms with Crippen LogP contribution < -0.4 is 4.90 Å². The first-order chi connectivity index (χ1) is 17.3. The lowest BCUT2D eigenvalue weighted by atomic mass is 9.59. The van der Waals surface area contributed by atoms with Gasteiger partial charge >= 0.3 is 0 Å². The van der Waals surface area contributed by atoms with Crippen LogP contribution in [0.1, 0.15) is 31.2 Å². The van der Waals surface area contributed by atoms with Crippen LogP contribution >= 0.6 is 11.6 Å². The van der Waals surface area contributed by atoms with Gasteiger partial charge in [0.2, 0.25) is 11.8 Å². The molecule has 2 aromatic rings. The molecule has 1 fully saturated rings. The lowest BCUT2D eigenvalue weighted by Crippen LogP contribution is -2.39. The highest BCUT2D eigenvalue weighted by Crippen LogP contribution is 2.55. The van der Waals surface area contributed by atoms with Gasteiger partial charge < -0.3 is 5.11 Å². The van der Waals surface area contributed by atoms with Crippen LogP contribution in [0.15, 0.2) is 83.0 Å². The molecule has 6 rings (SSSR count). The summed E-state index contributed by atoms with van der Waals surface area (Å²) in [5.41, 5.74) is 3.18. The molecular formula is C29H22ClNO5. The highest BCUT2D eigenvalue weighted by molar-refractivity contribution is 6.31. The molecule has 1 heterocycles. The van der Waals surface area contributed by atoms with E-state index in [-0.39, 0.29) is 35.6 Å². The van der Waals surface area contributed by atoms with Crippen LogP contribution in [-0.4, -0.2) is 28.5 Å². The number of carbonyl (C=O) groups is 4. The van der Waals surface area contributed by atoms with Crippen molar-refractivity contribution >= 4 is 40.7 Å². The number of rotatable bonds is 2. The molecule has 1 aliphatic heterocycles. The molecule has 0 bridgehead atoms. The van der Waals surface area contributed by atoms with E-state index in [0.717, 1.165) is 5.57 Å². The summed E-state index contributed by atoms with van der Waals surface area (Å²) in [7, 11) is 0. The summed E-state index contributed by atoms with van der Waals surface area (Å²) < 4.78 is 0. The lowest BCUT2D eigenvalue weighted by Gasteiger charge is -2.42. The van der Waals surface area contributed by atoms with E-state index >= 15 is 0 Å². The largest absolute Gasteiger partial charge is 0.508 e. The Kier molecular flexibility index (Phi) is 5.12. The fourth-order valence-corrected chi connectivity index (χ4v) is 6.44. The van der Waals surface area contributed by atoms with Crippen molar-refractivity contribution in [1.82, 2.24) is 0 Å². The quantitative estimate of drug-likeness (QED) is 0.368. The highest BCUT2D eigenvalue weighted by atomic mass is 35.5. The molecule has 7 heteroatoms. The second-order valence-corrected chi connectivity index (χ2v) is 10.2. The van der Waals surface area contributed by atoms with Crippen molar-refractivity contribution in [3.8, 4) is 5.75 Å². The zero-order chi connectivity index (χ0) is 25.3. The molecule has 0 saturated carbocycles. The first kappa shape index (κ1) is 22.7. The molecule has 1 saturated heterocycles. The van der Waals surface area contributed by atoms with Gasteiger partial charge in [-0.3, -0.25) is 24.1 Å². The van der Waals surface area contributed by atoms with Crippen LogP contribution in [0.4, 0.5) is 5.69 Å². The number of amides is 2. The molecule has 6 nitrogen and oxygen atoms in total. The van der Waals surface area contributed by atoms with Crippen LogP contribution in [0.25, 0.3) is 0 Å². The first-order valence-corrected chi connectivity index (χ1v) is 12.3. The Hall–Kier alpha value is -3.77. The lowest BCUT2D eigenvalue weighted by molar-refractivity contribution is -0.123. The third-order valence-electron chi connectivity index (χ3n) is 7.85. The summed E-state index contributed by atoms with van der Waals surface area (Å²) in [5.74, 6) is -3.12. The van der Waals surface area contributed by atoms with E-state index in [1.54, 1.807) is 49.4 Å². The number of allylic oxidation sites excluding steroid dienone is 6. The van der Waals surface area contributed by atoms with E-state index in [0.29, 0.717) is 39.4 Å². The molecule has 2 aromatic carbocycles. The number of nitrogens with zero attached hydrogens (tertiary/aromatic N) is 1. The Labute approximate surface area is 212 Å². The number of Topliss-reactive ketones (excluding diaryl/α,β-unsaturated/α-hetero) is 1. The number of hydrogen-bond acceptors (Lipinski definition) is 5. The van der Waals surface area contributed by atoms with Gasteiger partial charge in [-0.1, -0.05) is 35.4 Å². The third-order valence-corrected chi connectivity index (χ3v) is 8.10. The van der Waals surface area contributed by atoms with Gasteiger partial charge in [0.25, 0.3) is 0 Å². The molecule has 0 aromatic heterocycles. The summed E-state index contributed by atoms with van der Waals surface area (Å²) in [4.78, 5) is 54.9. The topological polar surface area (TPSA) is 91.8 Å². The summed E-state index contributed by atoms with van der Waals surface area (Å²) in [5, 5.41) is 10.7. The number of hydrogen-bond donors (Lipinski definition) is 1. The van der Waals surface area contributed by atoms with Gasteiger partial charge in [-0.15, -0.1) is 0 Å². The summed E-state index contributed by atoms with van der Waals surface area (Å²) in [6.45, 7) is 1.62. The number of carbonyl (C=O) groups excluding carboxylic acids is 4. The third kappa shape index (κ3) is 3.24. The van der Waals surface area contributed by atoms with Gasteiger partial charge in [-0.2, -0.15) is 0 Å². The van der Waals surface area contributed by atoms with Gasteiger partial charge in [0.05, 0.1) is 17.5 Å². The minimum atomic E-state index is -0.642. The fourth-order valence-electron chi connectivity index (χ4n) is 6.31. The van der Waals surface area contributed by atoms with Crippen molar-refractivity contribution in [2.24, 2.45) is 17.8 Å². The molecule has 180 valence electrons. The predicted molar refractivity (Wildman–Crippen MR) is 133 cm³/mol. The number of benzene rings is 2. The summed E-state index contributed by atoms with van der Waals surface area (Å²) >= 11 is 6.01. The van der Waals surface area contributed by atoms with Gasteiger partial charge in [0.1, 0.15) is 5.75 Å². The first-order valence-electron chi connectivity index (χ1n) is 11.9. The van der Waals surface area contributed by atoms with Crippen LogP contribution in [0.5, 0.6) is 5.75 Å². The average Bonchev–Trinajstić information content (AvgIpc) is 3.12. The van der Waals surface area contributed by atoms with Crippen molar-refractivity contribution in [1.29, 1.82) is 0 Å². The summed E-state index contributed by atoms with van der Waals surface area (Å²) in [6, 6.07) is 13.2. The van der Waals surface area contributed by atoms with Crippen molar-refractivity contribution in [2.45, 2.75) is 25.7 Å². The molecule has 0 radical (unpaired) electrons. The smallest absolute Gasteiger partial charge is 0.238 e. The molecule has 4 aliphatic rings.